The highest BCUT2D eigenvalue weighted by molar-refractivity contribution is 7.90. The van der Waals surface area contributed by atoms with Gasteiger partial charge in [-0.2, -0.15) is 0 Å². The van der Waals surface area contributed by atoms with E-state index < -0.39 is 15.9 Å². The molecule has 100 valence electrons. The Kier molecular flexibility index (Phi) is 3.92. The van der Waals surface area contributed by atoms with E-state index in [9.17, 15) is 13.5 Å². The molecule has 0 bridgehead atoms. The van der Waals surface area contributed by atoms with Crippen LogP contribution < -0.4 is 4.74 Å². The van der Waals surface area contributed by atoms with E-state index in [1.54, 1.807) is 0 Å². The molecule has 0 aromatic heterocycles. The van der Waals surface area contributed by atoms with Gasteiger partial charge >= 0.3 is 0 Å². The number of benzene rings is 1. The zero-order chi connectivity index (χ0) is 13.2. The van der Waals surface area contributed by atoms with E-state index in [4.69, 9.17) is 4.74 Å². The van der Waals surface area contributed by atoms with E-state index in [1.807, 2.05) is 18.2 Å². The Morgan fingerprint density at radius 2 is 2.22 bits per heavy atom. The lowest BCUT2D eigenvalue weighted by atomic mass is 9.89. The molecule has 1 aliphatic rings. The van der Waals surface area contributed by atoms with Gasteiger partial charge < -0.3 is 9.84 Å². The molecule has 1 N–H and O–H groups in total. The van der Waals surface area contributed by atoms with Crippen molar-refractivity contribution in [2.45, 2.75) is 25.4 Å². The molecule has 0 spiro atoms. The van der Waals surface area contributed by atoms with Gasteiger partial charge in [0.1, 0.15) is 12.4 Å². The monoisotopic (exact) mass is 270 g/mol. The summed E-state index contributed by atoms with van der Waals surface area (Å²) in [6.45, 7) is 0.158. The molecule has 4 nitrogen and oxygen atoms in total. The molecule has 2 rings (SSSR count). The van der Waals surface area contributed by atoms with E-state index >= 15 is 0 Å². The molecular formula is C13H18O4S. The van der Waals surface area contributed by atoms with Crippen molar-refractivity contribution in [2.24, 2.45) is 0 Å². The van der Waals surface area contributed by atoms with Crippen molar-refractivity contribution in [1.82, 2.24) is 0 Å². The molecule has 0 amide bonds. The molecule has 18 heavy (non-hydrogen) atoms. The molecular weight excluding hydrogens is 252 g/mol. The van der Waals surface area contributed by atoms with Crippen molar-refractivity contribution in [3.8, 4) is 5.75 Å². The third kappa shape index (κ3) is 3.23. The molecule has 0 heterocycles. The van der Waals surface area contributed by atoms with E-state index in [2.05, 4.69) is 0 Å². The minimum atomic E-state index is -3.00. The van der Waals surface area contributed by atoms with E-state index in [-0.39, 0.29) is 12.4 Å². The van der Waals surface area contributed by atoms with Gasteiger partial charge in [0, 0.05) is 6.26 Å². The predicted octanol–water partition coefficient (Wildman–Crippen LogP) is 1.48. The second-order valence-corrected chi connectivity index (χ2v) is 6.97. The molecule has 0 radical (unpaired) electrons. The van der Waals surface area contributed by atoms with Crippen molar-refractivity contribution in [1.29, 1.82) is 0 Å². The van der Waals surface area contributed by atoms with Crippen molar-refractivity contribution in [3.05, 3.63) is 29.3 Å². The summed E-state index contributed by atoms with van der Waals surface area (Å²) in [5.74, 6) is 0.717. The van der Waals surface area contributed by atoms with E-state index in [1.165, 1.54) is 6.26 Å². The number of sulfone groups is 1. The molecule has 0 saturated heterocycles. The van der Waals surface area contributed by atoms with Crippen LogP contribution in [0.15, 0.2) is 18.2 Å². The summed E-state index contributed by atoms with van der Waals surface area (Å²) in [6, 6.07) is 5.57. The Hall–Kier alpha value is -1.07. The van der Waals surface area contributed by atoms with Crippen LogP contribution in [0.5, 0.6) is 5.75 Å². The number of hydrogen-bond donors (Lipinski definition) is 1. The lowest BCUT2D eigenvalue weighted by molar-refractivity contribution is 0.155. The molecule has 5 heteroatoms. The topological polar surface area (TPSA) is 63.6 Å². The van der Waals surface area contributed by atoms with Crippen LogP contribution in [0.25, 0.3) is 0 Å². The quantitative estimate of drug-likeness (QED) is 0.900. The van der Waals surface area contributed by atoms with Crippen molar-refractivity contribution >= 4 is 9.84 Å². The number of aliphatic hydroxyl groups excluding tert-OH is 1. The first kappa shape index (κ1) is 13.4. The first-order chi connectivity index (χ1) is 8.47. The minimum absolute atomic E-state index is 0.0131. The van der Waals surface area contributed by atoms with Gasteiger partial charge in [0.25, 0.3) is 0 Å². The number of ether oxygens (including phenoxy) is 1. The summed E-state index contributed by atoms with van der Waals surface area (Å²) in [4.78, 5) is 0. The summed E-state index contributed by atoms with van der Waals surface area (Å²) >= 11 is 0. The smallest absolute Gasteiger partial charge is 0.150 e. The fraction of sp³-hybridized carbons (Fsp3) is 0.538. The standard InChI is InChI=1S/C13H18O4S/c1-18(15,16)9-8-17-13-7-3-4-10-11(13)5-2-6-12(10)14/h3-4,7,12,14H,2,5-6,8-9H2,1H3. The lowest BCUT2D eigenvalue weighted by Crippen LogP contribution is -2.15. The lowest BCUT2D eigenvalue weighted by Gasteiger charge is -2.23. The highest BCUT2D eigenvalue weighted by Gasteiger charge is 2.20. The number of fused-ring (bicyclic) bond motifs is 1. The predicted molar refractivity (Wildman–Crippen MR) is 69.5 cm³/mol. The SMILES string of the molecule is CS(=O)(=O)CCOc1cccc2c1CCCC2O. The summed E-state index contributed by atoms with van der Waals surface area (Å²) in [5.41, 5.74) is 1.93. The number of aliphatic hydroxyl groups is 1. The van der Waals surface area contributed by atoms with Gasteiger partial charge in [0.15, 0.2) is 9.84 Å². The molecule has 1 aromatic carbocycles. The first-order valence-electron chi connectivity index (χ1n) is 6.08. The van der Waals surface area contributed by atoms with E-state index in [0.717, 1.165) is 30.4 Å². The van der Waals surface area contributed by atoms with Gasteiger partial charge in [-0.15, -0.1) is 0 Å². The highest BCUT2D eigenvalue weighted by Crippen LogP contribution is 2.35. The third-order valence-corrected chi connectivity index (χ3v) is 4.05. The second kappa shape index (κ2) is 5.28. The van der Waals surface area contributed by atoms with Gasteiger partial charge in [-0.3, -0.25) is 0 Å². The normalized spacial score (nSPS) is 19.3. The third-order valence-electron chi connectivity index (χ3n) is 3.14. The van der Waals surface area contributed by atoms with Crippen LogP contribution in [-0.2, 0) is 16.3 Å². The van der Waals surface area contributed by atoms with Gasteiger partial charge in [0.2, 0.25) is 0 Å². The fourth-order valence-electron chi connectivity index (χ4n) is 2.23. The zero-order valence-corrected chi connectivity index (χ0v) is 11.2. The first-order valence-corrected chi connectivity index (χ1v) is 8.14. The van der Waals surface area contributed by atoms with Crippen LogP contribution in [0.1, 0.15) is 30.1 Å². The summed E-state index contributed by atoms with van der Waals surface area (Å²) < 4.78 is 27.6. The van der Waals surface area contributed by atoms with Crippen LogP contribution in [-0.4, -0.2) is 32.1 Å². The average molecular weight is 270 g/mol. The molecule has 0 aliphatic heterocycles. The zero-order valence-electron chi connectivity index (χ0n) is 10.4. The van der Waals surface area contributed by atoms with Crippen molar-refractivity contribution in [3.63, 3.8) is 0 Å². The summed E-state index contributed by atoms with van der Waals surface area (Å²) in [5, 5.41) is 9.89. The number of hydrogen-bond acceptors (Lipinski definition) is 4. The molecule has 0 saturated carbocycles. The van der Waals surface area contributed by atoms with Crippen LogP contribution in [0.3, 0.4) is 0 Å². The highest BCUT2D eigenvalue weighted by atomic mass is 32.2. The maximum atomic E-state index is 11.0. The number of rotatable bonds is 4. The van der Waals surface area contributed by atoms with E-state index in [0.29, 0.717) is 5.75 Å². The Labute approximate surface area is 108 Å². The Morgan fingerprint density at radius 3 is 2.94 bits per heavy atom. The molecule has 0 fully saturated rings. The summed E-state index contributed by atoms with van der Waals surface area (Å²) in [6.07, 6.45) is 3.36. The Balaban J connectivity index is 2.12. The molecule has 1 unspecified atom stereocenters. The van der Waals surface area contributed by atoms with Gasteiger partial charge in [0.05, 0.1) is 11.9 Å². The Bertz CT molecular complexity index is 522. The maximum absolute atomic E-state index is 11.0. The second-order valence-electron chi connectivity index (χ2n) is 4.71. The van der Waals surface area contributed by atoms with Gasteiger partial charge in [-0.25, -0.2) is 8.42 Å². The van der Waals surface area contributed by atoms with Gasteiger partial charge in [-0.1, -0.05) is 12.1 Å². The maximum Gasteiger partial charge on any atom is 0.150 e. The molecule has 1 aliphatic carbocycles. The van der Waals surface area contributed by atoms with Crippen molar-refractivity contribution in [2.75, 3.05) is 18.6 Å². The molecule has 1 atom stereocenters. The fourth-order valence-corrected chi connectivity index (χ4v) is 2.61. The molecule has 1 aromatic rings. The van der Waals surface area contributed by atoms with Crippen LogP contribution >= 0.6 is 0 Å². The van der Waals surface area contributed by atoms with Crippen LogP contribution in [0.2, 0.25) is 0 Å². The Morgan fingerprint density at radius 1 is 1.44 bits per heavy atom. The van der Waals surface area contributed by atoms with Gasteiger partial charge in [-0.05, 0) is 36.5 Å². The summed E-state index contributed by atoms with van der Waals surface area (Å²) in [7, 11) is -3.00. The minimum Gasteiger partial charge on any atom is -0.492 e. The van der Waals surface area contributed by atoms with Crippen LogP contribution in [0.4, 0.5) is 0 Å². The average Bonchev–Trinajstić information content (AvgIpc) is 2.29. The van der Waals surface area contributed by atoms with Crippen LogP contribution in [0, 0.1) is 0 Å². The van der Waals surface area contributed by atoms with Crippen molar-refractivity contribution < 1.29 is 18.3 Å². The largest absolute Gasteiger partial charge is 0.492 e.